The maximum atomic E-state index is 14.8. The molecule has 4 atom stereocenters. The van der Waals surface area contributed by atoms with Crippen LogP contribution in [0.25, 0.3) is 0 Å². The van der Waals surface area contributed by atoms with Crippen LogP contribution in [0.3, 0.4) is 0 Å². The van der Waals surface area contributed by atoms with Crippen molar-refractivity contribution in [3.63, 3.8) is 0 Å². The normalized spacial score (nSPS) is 25.6. The van der Waals surface area contributed by atoms with Crippen molar-refractivity contribution >= 4 is 11.8 Å². The number of carbonyl (C=O) groups is 2. The summed E-state index contributed by atoms with van der Waals surface area (Å²) in [6, 6.07) is 23.4. The van der Waals surface area contributed by atoms with Crippen LogP contribution in [0.2, 0.25) is 0 Å². The number of hydrogen-bond acceptors (Lipinski definition) is 6. The minimum Gasteiger partial charge on any atom is -0.493 e. The molecular weight excluding hydrogens is 530 g/mol. The molecular formula is C34H41N3O5. The van der Waals surface area contributed by atoms with E-state index in [2.05, 4.69) is 24.4 Å². The molecule has 222 valence electrons. The molecule has 8 heteroatoms. The summed E-state index contributed by atoms with van der Waals surface area (Å²) in [5.74, 6) is 0.439. The number of likely N-dealkylation sites (tertiary alicyclic amines) is 1. The van der Waals surface area contributed by atoms with Gasteiger partial charge in [-0.15, -0.1) is 0 Å². The maximum Gasteiger partial charge on any atom is 0.254 e. The molecule has 3 N–H and O–H groups in total. The highest BCUT2D eigenvalue weighted by atomic mass is 16.5. The number of benzene rings is 3. The van der Waals surface area contributed by atoms with Gasteiger partial charge in [0.2, 0.25) is 11.7 Å². The lowest BCUT2D eigenvalue weighted by Gasteiger charge is -2.61. The Bertz CT molecular complexity index is 1380. The molecule has 0 bridgehead atoms. The van der Waals surface area contributed by atoms with Gasteiger partial charge in [-0.1, -0.05) is 67.6 Å². The number of carbonyl (C=O) groups excluding carboxylic acids is 2. The van der Waals surface area contributed by atoms with E-state index in [1.54, 1.807) is 33.5 Å². The summed E-state index contributed by atoms with van der Waals surface area (Å²) < 4.78 is 16.7. The number of nitrogens with zero attached hydrogens (tertiary/aromatic N) is 1. The predicted octanol–water partition coefficient (Wildman–Crippen LogP) is 4.52. The predicted molar refractivity (Wildman–Crippen MR) is 162 cm³/mol. The van der Waals surface area contributed by atoms with E-state index in [1.165, 1.54) is 0 Å². The summed E-state index contributed by atoms with van der Waals surface area (Å²) in [4.78, 5) is 30.7. The maximum absolute atomic E-state index is 14.8. The SMILES string of the molecule is CCC1(C2CCNC2)C(c2ccccc2)C(C(N)=O)(c2ccccc2)CCN1C(=O)c1cc(OC)c(OC)c(OC)c1. The van der Waals surface area contributed by atoms with E-state index in [1.807, 2.05) is 53.4 Å². The topological polar surface area (TPSA) is 103 Å². The van der Waals surface area contributed by atoms with Crippen molar-refractivity contribution in [3.8, 4) is 17.2 Å². The first kappa shape index (κ1) is 29.5. The number of ether oxygens (including phenoxy) is 3. The standard InChI is InChI=1S/C34H41N3O5/c1-5-34(26-16-18-36-22-26)30(23-12-8-6-9-13-23)33(32(35)39,25-14-10-7-11-15-25)17-19-37(34)31(38)24-20-27(40-2)29(42-4)28(21-24)41-3/h6-15,20-21,26,30,36H,5,16-19,22H2,1-4H3,(H2,35,39). The molecule has 2 saturated heterocycles. The zero-order valence-electron chi connectivity index (χ0n) is 24.9. The Labute approximate surface area is 248 Å². The Balaban J connectivity index is 1.78. The van der Waals surface area contributed by atoms with E-state index in [4.69, 9.17) is 19.9 Å². The monoisotopic (exact) mass is 571 g/mol. The third-order valence-electron chi connectivity index (χ3n) is 9.58. The van der Waals surface area contributed by atoms with E-state index in [-0.39, 0.29) is 23.7 Å². The lowest BCUT2D eigenvalue weighted by molar-refractivity contribution is -0.131. The van der Waals surface area contributed by atoms with Crippen molar-refractivity contribution in [1.29, 1.82) is 0 Å². The highest BCUT2D eigenvalue weighted by Gasteiger charge is 2.64. The minimum atomic E-state index is -1.02. The van der Waals surface area contributed by atoms with E-state index in [0.717, 1.165) is 30.6 Å². The van der Waals surface area contributed by atoms with Gasteiger partial charge in [-0.25, -0.2) is 0 Å². The average Bonchev–Trinajstić information content (AvgIpc) is 3.59. The zero-order valence-corrected chi connectivity index (χ0v) is 24.9. The molecule has 2 aliphatic heterocycles. The fourth-order valence-electron chi connectivity index (χ4n) is 7.77. The average molecular weight is 572 g/mol. The molecule has 3 aromatic carbocycles. The Morgan fingerprint density at radius 3 is 2.07 bits per heavy atom. The van der Waals surface area contributed by atoms with Crippen molar-refractivity contribution in [2.45, 2.75) is 43.1 Å². The summed E-state index contributed by atoms with van der Waals surface area (Å²) >= 11 is 0. The van der Waals surface area contributed by atoms with Crippen LogP contribution in [-0.4, -0.2) is 63.2 Å². The number of amides is 2. The van der Waals surface area contributed by atoms with Crippen molar-refractivity contribution in [1.82, 2.24) is 10.2 Å². The summed E-state index contributed by atoms with van der Waals surface area (Å²) in [7, 11) is 4.62. The highest BCUT2D eigenvalue weighted by molar-refractivity contribution is 5.97. The van der Waals surface area contributed by atoms with Crippen LogP contribution in [-0.2, 0) is 10.2 Å². The number of piperidine rings is 1. The molecule has 0 saturated carbocycles. The Hall–Kier alpha value is -4.04. The molecule has 0 aromatic heterocycles. The molecule has 3 aromatic rings. The van der Waals surface area contributed by atoms with Gasteiger partial charge in [0.15, 0.2) is 11.5 Å². The van der Waals surface area contributed by atoms with Crippen molar-refractivity contribution in [2.24, 2.45) is 11.7 Å². The van der Waals surface area contributed by atoms with E-state index >= 15 is 0 Å². The van der Waals surface area contributed by atoms with Gasteiger partial charge in [-0.05, 0) is 55.0 Å². The fourth-order valence-corrected chi connectivity index (χ4v) is 7.77. The number of nitrogens with one attached hydrogen (secondary N) is 1. The third-order valence-corrected chi connectivity index (χ3v) is 9.58. The number of methoxy groups -OCH3 is 3. The van der Waals surface area contributed by atoms with Gasteiger partial charge in [0.1, 0.15) is 0 Å². The largest absolute Gasteiger partial charge is 0.493 e. The van der Waals surface area contributed by atoms with Gasteiger partial charge in [0.05, 0.1) is 32.3 Å². The van der Waals surface area contributed by atoms with Crippen LogP contribution in [0, 0.1) is 5.92 Å². The number of primary amides is 1. The van der Waals surface area contributed by atoms with Crippen molar-refractivity contribution in [2.75, 3.05) is 41.0 Å². The van der Waals surface area contributed by atoms with Crippen molar-refractivity contribution in [3.05, 3.63) is 89.5 Å². The molecule has 0 spiro atoms. The minimum absolute atomic E-state index is 0.0847. The Morgan fingerprint density at radius 2 is 1.57 bits per heavy atom. The second-order valence-corrected chi connectivity index (χ2v) is 11.2. The zero-order chi connectivity index (χ0) is 29.9. The van der Waals surface area contributed by atoms with Crippen LogP contribution in [0.1, 0.15) is 53.6 Å². The van der Waals surface area contributed by atoms with Crippen LogP contribution in [0.5, 0.6) is 17.2 Å². The molecule has 2 amide bonds. The molecule has 0 radical (unpaired) electrons. The lowest BCUT2D eigenvalue weighted by Crippen LogP contribution is -2.70. The van der Waals surface area contributed by atoms with E-state index in [9.17, 15) is 9.59 Å². The second kappa shape index (κ2) is 12.1. The van der Waals surface area contributed by atoms with E-state index in [0.29, 0.717) is 42.2 Å². The van der Waals surface area contributed by atoms with Crippen LogP contribution in [0.4, 0.5) is 0 Å². The summed E-state index contributed by atoms with van der Waals surface area (Å²) in [5.41, 5.74) is 7.04. The molecule has 5 rings (SSSR count). The molecule has 2 fully saturated rings. The smallest absolute Gasteiger partial charge is 0.254 e. The molecule has 2 aliphatic rings. The van der Waals surface area contributed by atoms with Gasteiger partial charge in [0, 0.05) is 24.6 Å². The highest BCUT2D eigenvalue weighted by Crippen LogP contribution is 2.58. The first-order valence-corrected chi connectivity index (χ1v) is 14.6. The number of hydrogen-bond donors (Lipinski definition) is 2. The molecule has 0 aliphatic carbocycles. The van der Waals surface area contributed by atoms with E-state index < -0.39 is 11.0 Å². The first-order valence-electron chi connectivity index (χ1n) is 14.6. The fraction of sp³-hybridized carbons (Fsp3) is 0.412. The molecule has 42 heavy (non-hydrogen) atoms. The van der Waals surface area contributed by atoms with Crippen LogP contribution < -0.4 is 25.3 Å². The molecule has 8 nitrogen and oxygen atoms in total. The molecule has 2 heterocycles. The van der Waals surface area contributed by atoms with Gasteiger partial charge >= 0.3 is 0 Å². The number of rotatable bonds is 9. The lowest BCUT2D eigenvalue weighted by atomic mass is 9.51. The second-order valence-electron chi connectivity index (χ2n) is 11.2. The quantitative estimate of drug-likeness (QED) is 0.392. The van der Waals surface area contributed by atoms with Gasteiger partial charge < -0.3 is 30.2 Å². The summed E-state index contributed by atoms with van der Waals surface area (Å²) in [6.07, 6.45) is 1.90. The Kier molecular flexibility index (Phi) is 8.45. The van der Waals surface area contributed by atoms with Gasteiger partial charge in [-0.2, -0.15) is 0 Å². The summed E-state index contributed by atoms with van der Waals surface area (Å²) in [6.45, 7) is 4.07. The van der Waals surface area contributed by atoms with Gasteiger partial charge in [0.25, 0.3) is 5.91 Å². The van der Waals surface area contributed by atoms with Crippen molar-refractivity contribution < 1.29 is 23.8 Å². The first-order chi connectivity index (χ1) is 20.4. The number of nitrogens with two attached hydrogens (primary N) is 1. The summed E-state index contributed by atoms with van der Waals surface area (Å²) in [5, 5.41) is 3.54. The van der Waals surface area contributed by atoms with Gasteiger partial charge in [-0.3, -0.25) is 9.59 Å². The van der Waals surface area contributed by atoms with Crippen LogP contribution >= 0.6 is 0 Å². The molecule has 4 unspecified atom stereocenters. The third kappa shape index (κ3) is 4.58. The Morgan fingerprint density at radius 1 is 0.952 bits per heavy atom. The van der Waals surface area contributed by atoms with Crippen LogP contribution in [0.15, 0.2) is 72.8 Å².